The first kappa shape index (κ1) is 22.2. The van der Waals surface area contributed by atoms with Gasteiger partial charge in [-0.1, -0.05) is 17.7 Å². The lowest BCUT2D eigenvalue weighted by atomic mass is 9.77. The third-order valence-electron chi connectivity index (χ3n) is 5.63. The van der Waals surface area contributed by atoms with E-state index in [9.17, 15) is 30.8 Å². The summed E-state index contributed by atoms with van der Waals surface area (Å²) >= 11 is 0. The summed E-state index contributed by atoms with van der Waals surface area (Å²) in [7, 11) is -4.37. The van der Waals surface area contributed by atoms with E-state index in [1.165, 1.54) is 12.1 Å². The number of carbonyl (C=O) groups is 1. The standard InChI is InChI=1S/C20H19F4N2O3S/c1-12-2-4-16(21)15(10-12)19(8-6-13(7-9-19)18(25)27)30(28,29)14-3-5-17(26-11-14)20(22,23)24/h2-5,10-11,13,25H,6-9H2,1H3. The van der Waals surface area contributed by atoms with Crippen LogP contribution in [-0.4, -0.2) is 19.3 Å². The van der Waals surface area contributed by atoms with Crippen molar-refractivity contribution in [2.45, 2.75) is 48.4 Å². The first-order valence-corrected chi connectivity index (χ1v) is 10.7. The number of hydrogen-bond acceptors (Lipinski definition) is 4. The average Bonchev–Trinajstić information content (AvgIpc) is 2.69. The van der Waals surface area contributed by atoms with E-state index in [0.29, 0.717) is 17.8 Å². The maximum Gasteiger partial charge on any atom is 0.433 e. The Morgan fingerprint density at radius 3 is 2.30 bits per heavy atom. The van der Waals surface area contributed by atoms with E-state index in [4.69, 9.17) is 5.73 Å². The Morgan fingerprint density at radius 2 is 1.80 bits per heavy atom. The van der Waals surface area contributed by atoms with Gasteiger partial charge in [-0.15, -0.1) is 0 Å². The number of nitrogens with one attached hydrogen (secondary N) is 1. The number of amides is 1. The number of halogens is 4. The third kappa shape index (κ3) is 3.80. The summed E-state index contributed by atoms with van der Waals surface area (Å²) in [6.07, 6.45) is -4.24. The summed E-state index contributed by atoms with van der Waals surface area (Å²) in [5, 5.41) is 0. The van der Waals surface area contributed by atoms with Crippen LogP contribution in [0.15, 0.2) is 41.4 Å². The molecule has 1 aromatic heterocycles. The monoisotopic (exact) mass is 443 g/mol. The van der Waals surface area contributed by atoms with E-state index in [1.54, 1.807) is 6.92 Å². The van der Waals surface area contributed by atoms with Crippen molar-refractivity contribution in [2.24, 2.45) is 5.92 Å². The highest BCUT2D eigenvalue weighted by molar-refractivity contribution is 7.92. The van der Waals surface area contributed by atoms with Gasteiger partial charge in [0, 0.05) is 17.7 Å². The van der Waals surface area contributed by atoms with Gasteiger partial charge in [-0.25, -0.2) is 12.8 Å². The molecule has 1 N–H and O–H groups in total. The lowest BCUT2D eigenvalue weighted by molar-refractivity contribution is -0.141. The second kappa shape index (κ2) is 7.64. The number of aromatic nitrogens is 1. The van der Waals surface area contributed by atoms with Crippen LogP contribution in [0, 0.1) is 18.7 Å². The molecule has 0 saturated heterocycles. The fraction of sp³-hybridized carbons (Fsp3) is 0.400. The van der Waals surface area contributed by atoms with Crippen LogP contribution >= 0.6 is 0 Å². The van der Waals surface area contributed by atoms with Crippen LogP contribution in [0.1, 0.15) is 42.5 Å². The molecule has 30 heavy (non-hydrogen) atoms. The Bertz CT molecular complexity index is 1060. The van der Waals surface area contributed by atoms with E-state index in [0.717, 1.165) is 12.1 Å². The number of hydrogen-bond donors (Lipinski definition) is 0. The summed E-state index contributed by atoms with van der Waals surface area (Å²) < 4.78 is 78.7. The molecule has 1 saturated carbocycles. The molecule has 2 aromatic rings. The number of nitrogens with zero attached hydrogens (tertiary/aromatic N) is 1. The largest absolute Gasteiger partial charge is 0.433 e. The molecule has 5 nitrogen and oxygen atoms in total. The van der Waals surface area contributed by atoms with Crippen LogP contribution in [-0.2, 0) is 25.6 Å². The molecule has 1 aliphatic rings. The predicted octanol–water partition coefficient (Wildman–Crippen LogP) is 4.22. The molecule has 0 spiro atoms. The van der Waals surface area contributed by atoms with E-state index >= 15 is 0 Å². The van der Waals surface area contributed by atoms with Gasteiger partial charge in [-0.05, 0) is 50.8 Å². The topological polar surface area (TPSA) is 87.9 Å². The van der Waals surface area contributed by atoms with Gasteiger partial charge in [-0.3, -0.25) is 15.5 Å². The summed E-state index contributed by atoms with van der Waals surface area (Å²) in [6.45, 7) is 1.67. The van der Waals surface area contributed by atoms with Gasteiger partial charge in [0.1, 0.15) is 16.3 Å². The molecular formula is C20H19F4N2O3S. The second-order valence-electron chi connectivity index (χ2n) is 7.50. The molecule has 161 valence electrons. The van der Waals surface area contributed by atoms with Gasteiger partial charge < -0.3 is 0 Å². The first-order chi connectivity index (χ1) is 13.9. The zero-order valence-electron chi connectivity index (χ0n) is 16.0. The zero-order chi connectivity index (χ0) is 22.3. The zero-order valence-corrected chi connectivity index (χ0v) is 16.8. The van der Waals surface area contributed by atoms with Crippen molar-refractivity contribution in [3.63, 3.8) is 0 Å². The summed E-state index contributed by atoms with van der Waals surface area (Å²) in [5.41, 5.74) is 6.60. The second-order valence-corrected chi connectivity index (χ2v) is 9.76. The number of rotatable bonds is 4. The molecule has 0 atom stereocenters. The van der Waals surface area contributed by atoms with E-state index in [2.05, 4.69) is 4.98 Å². The quantitative estimate of drug-likeness (QED) is 0.662. The summed E-state index contributed by atoms with van der Waals surface area (Å²) in [4.78, 5) is 14.2. The smallest absolute Gasteiger partial charge is 0.273 e. The Hall–Kier alpha value is -2.49. The molecule has 0 unspecified atom stereocenters. The van der Waals surface area contributed by atoms with Crippen LogP contribution in [0.3, 0.4) is 0 Å². The van der Waals surface area contributed by atoms with Gasteiger partial charge in [0.15, 0.2) is 9.84 Å². The predicted molar refractivity (Wildman–Crippen MR) is 99.3 cm³/mol. The van der Waals surface area contributed by atoms with Crippen LogP contribution in [0.5, 0.6) is 0 Å². The van der Waals surface area contributed by atoms with Crippen LogP contribution in [0.4, 0.5) is 17.6 Å². The molecule has 1 radical (unpaired) electrons. The number of sulfone groups is 1. The molecule has 1 fully saturated rings. The molecule has 1 aromatic carbocycles. The molecule has 3 rings (SSSR count). The molecule has 1 amide bonds. The minimum Gasteiger partial charge on any atom is -0.273 e. The lowest BCUT2D eigenvalue weighted by Crippen LogP contribution is -2.42. The summed E-state index contributed by atoms with van der Waals surface area (Å²) in [5.74, 6) is -2.23. The normalized spacial score (nSPS) is 22.6. The van der Waals surface area contributed by atoms with Gasteiger partial charge in [-0.2, -0.15) is 13.2 Å². The fourth-order valence-corrected chi connectivity index (χ4v) is 6.06. The van der Waals surface area contributed by atoms with Gasteiger partial charge >= 0.3 is 6.18 Å². The number of benzene rings is 1. The number of alkyl halides is 3. The Labute approximate surface area is 171 Å². The van der Waals surface area contributed by atoms with Crippen molar-refractivity contribution < 1.29 is 30.8 Å². The van der Waals surface area contributed by atoms with Crippen molar-refractivity contribution >= 4 is 15.7 Å². The first-order valence-electron chi connectivity index (χ1n) is 9.18. The van der Waals surface area contributed by atoms with Crippen molar-refractivity contribution in [2.75, 3.05) is 0 Å². The van der Waals surface area contributed by atoms with Crippen LogP contribution in [0.2, 0.25) is 0 Å². The third-order valence-corrected chi connectivity index (χ3v) is 8.15. The number of pyridine rings is 1. The van der Waals surface area contributed by atoms with Crippen molar-refractivity contribution in [3.05, 3.63) is 59.2 Å². The lowest BCUT2D eigenvalue weighted by Gasteiger charge is -2.39. The number of carbonyl (C=O) groups excluding carboxylic acids is 1. The van der Waals surface area contributed by atoms with Gasteiger partial charge in [0.05, 0.1) is 4.90 Å². The Balaban J connectivity index is 2.15. The summed E-state index contributed by atoms with van der Waals surface area (Å²) in [6, 6.07) is 5.44. The molecule has 0 aliphatic heterocycles. The van der Waals surface area contributed by atoms with Gasteiger partial charge in [0.25, 0.3) is 0 Å². The molecule has 1 aliphatic carbocycles. The van der Waals surface area contributed by atoms with Crippen LogP contribution < -0.4 is 5.73 Å². The minimum absolute atomic E-state index is 0.0585. The SMILES string of the molecule is Cc1ccc(F)c(C2(S(=O)(=O)c3ccc(C(F)(F)F)nc3)CCC(C([NH])=O)CC2)c1. The average molecular weight is 443 g/mol. The van der Waals surface area contributed by atoms with E-state index in [-0.39, 0.29) is 31.2 Å². The van der Waals surface area contributed by atoms with E-state index in [1.807, 2.05) is 0 Å². The molecular weight excluding hydrogens is 424 g/mol. The van der Waals surface area contributed by atoms with E-state index < -0.39 is 49.0 Å². The Kier molecular flexibility index (Phi) is 5.66. The highest BCUT2D eigenvalue weighted by Crippen LogP contribution is 2.49. The maximum absolute atomic E-state index is 14.8. The Morgan fingerprint density at radius 1 is 1.17 bits per heavy atom. The molecule has 10 heteroatoms. The highest BCUT2D eigenvalue weighted by atomic mass is 32.2. The highest BCUT2D eigenvalue weighted by Gasteiger charge is 2.51. The number of aryl methyl sites for hydroxylation is 1. The van der Waals surface area contributed by atoms with Crippen LogP contribution in [0.25, 0.3) is 0 Å². The molecule has 1 heterocycles. The van der Waals surface area contributed by atoms with Gasteiger partial charge in [0.2, 0.25) is 5.91 Å². The fourth-order valence-electron chi connectivity index (χ4n) is 3.95. The minimum atomic E-state index is -4.73. The molecule has 0 bridgehead atoms. The van der Waals surface area contributed by atoms with Crippen molar-refractivity contribution in [1.29, 1.82) is 0 Å². The maximum atomic E-state index is 14.8. The van der Waals surface area contributed by atoms with Crippen molar-refractivity contribution in [3.8, 4) is 0 Å². The van der Waals surface area contributed by atoms with Crippen molar-refractivity contribution in [1.82, 2.24) is 10.7 Å².